The van der Waals surface area contributed by atoms with E-state index < -0.39 is 0 Å². The van der Waals surface area contributed by atoms with E-state index in [1.165, 1.54) is 11.1 Å². The summed E-state index contributed by atoms with van der Waals surface area (Å²) in [6.07, 6.45) is 3.34. The Morgan fingerprint density at radius 1 is 0.692 bits per heavy atom. The molecule has 0 aliphatic heterocycles. The van der Waals surface area contributed by atoms with Crippen LogP contribution in [0, 0.1) is 27.7 Å². The molecule has 4 aromatic rings. The van der Waals surface area contributed by atoms with Crippen LogP contribution in [0.2, 0.25) is 0 Å². The van der Waals surface area contributed by atoms with Gasteiger partial charge in [-0.3, -0.25) is 14.8 Å². The van der Waals surface area contributed by atoms with Crippen molar-refractivity contribution in [3.05, 3.63) is 82.2 Å². The van der Waals surface area contributed by atoms with E-state index in [0.29, 0.717) is 11.1 Å². The normalized spacial score (nSPS) is 11.2. The largest absolute Gasteiger partial charge is 0.288 e. The van der Waals surface area contributed by atoms with Gasteiger partial charge in [0.15, 0.2) is 5.78 Å². The Morgan fingerprint density at radius 3 is 1.54 bits per heavy atom. The summed E-state index contributed by atoms with van der Waals surface area (Å²) in [5.74, 6) is -0.0507. The lowest BCUT2D eigenvalue weighted by molar-refractivity contribution is 0.103. The summed E-state index contributed by atoms with van der Waals surface area (Å²) in [4.78, 5) is 22.0. The van der Waals surface area contributed by atoms with Crippen molar-refractivity contribution in [3.8, 4) is 0 Å². The highest BCUT2D eigenvalue weighted by Gasteiger charge is 2.13. The topological polar surface area (TPSA) is 42.9 Å². The number of aromatic nitrogens is 2. The monoisotopic (exact) mass is 340 g/mol. The van der Waals surface area contributed by atoms with Gasteiger partial charge in [-0.1, -0.05) is 24.3 Å². The lowest BCUT2D eigenvalue weighted by atomic mass is 9.99. The predicted molar refractivity (Wildman–Crippen MR) is 106 cm³/mol. The number of nitrogens with zero attached hydrogens (tertiary/aromatic N) is 2. The molecule has 26 heavy (non-hydrogen) atoms. The molecule has 0 bridgehead atoms. The van der Waals surface area contributed by atoms with Gasteiger partial charge in [0.25, 0.3) is 0 Å². The molecule has 0 unspecified atom stereocenters. The second kappa shape index (κ2) is 6.03. The average Bonchev–Trinajstić information content (AvgIpc) is 2.66. The zero-order chi connectivity index (χ0) is 18.4. The van der Waals surface area contributed by atoms with Crippen LogP contribution in [0.3, 0.4) is 0 Å². The molecule has 0 saturated carbocycles. The first-order chi connectivity index (χ1) is 12.5. The van der Waals surface area contributed by atoms with Crippen molar-refractivity contribution in [2.24, 2.45) is 0 Å². The minimum atomic E-state index is -0.0507. The van der Waals surface area contributed by atoms with E-state index in [2.05, 4.69) is 49.8 Å². The summed E-state index contributed by atoms with van der Waals surface area (Å²) in [6.45, 7) is 8.26. The minimum absolute atomic E-state index is 0.0507. The molecule has 128 valence electrons. The molecule has 2 aromatic heterocycles. The highest BCUT2D eigenvalue weighted by Crippen LogP contribution is 2.24. The van der Waals surface area contributed by atoms with E-state index in [0.717, 1.165) is 32.9 Å². The van der Waals surface area contributed by atoms with Gasteiger partial charge in [0.2, 0.25) is 0 Å². The zero-order valence-electron chi connectivity index (χ0n) is 15.4. The SMILES string of the molecule is Cc1ccc2cc(C(=O)c3cnc4c(C)c(C)ccc4c3)cnc2c1C. The Labute approximate surface area is 152 Å². The van der Waals surface area contributed by atoms with E-state index in [4.69, 9.17) is 0 Å². The molecule has 0 spiro atoms. The third-order valence-corrected chi connectivity index (χ3v) is 5.28. The molecule has 0 aliphatic carbocycles. The fourth-order valence-electron chi connectivity index (χ4n) is 3.31. The molecule has 2 aromatic carbocycles. The van der Waals surface area contributed by atoms with Crippen LogP contribution < -0.4 is 0 Å². The van der Waals surface area contributed by atoms with E-state index in [1.807, 2.05) is 24.3 Å². The molecule has 0 aliphatic rings. The molecule has 3 heteroatoms. The lowest BCUT2D eigenvalue weighted by Crippen LogP contribution is -2.04. The summed E-state index contributed by atoms with van der Waals surface area (Å²) in [6, 6.07) is 12.0. The van der Waals surface area contributed by atoms with E-state index in [-0.39, 0.29) is 5.78 Å². The van der Waals surface area contributed by atoms with Crippen molar-refractivity contribution in [2.45, 2.75) is 27.7 Å². The number of fused-ring (bicyclic) bond motifs is 2. The predicted octanol–water partition coefficient (Wildman–Crippen LogP) is 5.25. The van der Waals surface area contributed by atoms with Gasteiger partial charge >= 0.3 is 0 Å². The molecular formula is C23H20N2O. The molecule has 4 rings (SSSR count). The summed E-state index contributed by atoms with van der Waals surface area (Å²) in [5, 5.41) is 1.97. The second-order valence-corrected chi connectivity index (χ2v) is 6.94. The number of hydrogen-bond acceptors (Lipinski definition) is 3. The number of ketones is 1. The maximum atomic E-state index is 13.0. The average molecular weight is 340 g/mol. The van der Waals surface area contributed by atoms with Crippen LogP contribution in [0.15, 0.2) is 48.8 Å². The lowest BCUT2D eigenvalue weighted by Gasteiger charge is -2.08. The van der Waals surface area contributed by atoms with Crippen molar-refractivity contribution >= 4 is 27.6 Å². The Kier molecular flexibility index (Phi) is 3.80. The molecule has 2 heterocycles. The van der Waals surface area contributed by atoms with Gasteiger partial charge in [-0.05, 0) is 62.1 Å². The Balaban J connectivity index is 1.80. The first-order valence-electron chi connectivity index (χ1n) is 8.72. The summed E-state index contributed by atoms with van der Waals surface area (Å²) < 4.78 is 0. The van der Waals surface area contributed by atoms with Crippen LogP contribution in [0.25, 0.3) is 21.8 Å². The third kappa shape index (κ3) is 2.57. The highest BCUT2D eigenvalue weighted by molar-refractivity contribution is 6.11. The number of carbonyl (C=O) groups excluding carboxylic acids is 1. The number of carbonyl (C=O) groups is 1. The third-order valence-electron chi connectivity index (χ3n) is 5.28. The number of aryl methyl sites for hydroxylation is 4. The Morgan fingerprint density at radius 2 is 1.12 bits per heavy atom. The van der Waals surface area contributed by atoms with Crippen molar-refractivity contribution in [3.63, 3.8) is 0 Å². The standard InChI is InChI=1S/C23H20N2O/c1-13-5-7-17-9-19(11-24-21(17)15(13)3)23(26)20-10-18-8-6-14(2)16(4)22(18)25-12-20/h5-12H,1-4H3. The molecule has 3 nitrogen and oxygen atoms in total. The van der Waals surface area contributed by atoms with Gasteiger partial charge in [0, 0.05) is 34.3 Å². The van der Waals surface area contributed by atoms with Gasteiger partial charge in [-0.15, -0.1) is 0 Å². The highest BCUT2D eigenvalue weighted by atomic mass is 16.1. The van der Waals surface area contributed by atoms with E-state index >= 15 is 0 Å². The first-order valence-corrected chi connectivity index (χ1v) is 8.72. The Bertz CT molecular complexity index is 1100. The minimum Gasteiger partial charge on any atom is -0.288 e. The second-order valence-electron chi connectivity index (χ2n) is 6.94. The molecule has 0 fully saturated rings. The number of hydrogen-bond donors (Lipinski definition) is 0. The summed E-state index contributed by atoms with van der Waals surface area (Å²) >= 11 is 0. The molecular weight excluding hydrogens is 320 g/mol. The number of pyridine rings is 2. The quantitative estimate of drug-likeness (QED) is 0.468. The van der Waals surface area contributed by atoms with Gasteiger partial charge in [-0.25, -0.2) is 0 Å². The van der Waals surface area contributed by atoms with Crippen LogP contribution >= 0.6 is 0 Å². The van der Waals surface area contributed by atoms with E-state index in [1.54, 1.807) is 12.4 Å². The summed E-state index contributed by atoms with van der Waals surface area (Å²) in [5.41, 5.74) is 7.78. The van der Waals surface area contributed by atoms with Gasteiger partial charge < -0.3 is 0 Å². The molecule has 0 atom stereocenters. The molecule has 0 amide bonds. The zero-order valence-corrected chi connectivity index (χ0v) is 15.4. The fourth-order valence-corrected chi connectivity index (χ4v) is 3.31. The number of rotatable bonds is 2. The number of benzene rings is 2. The van der Waals surface area contributed by atoms with Crippen molar-refractivity contribution in [1.29, 1.82) is 0 Å². The Hall–Kier alpha value is -3.07. The molecule has 0 N–H and O–H groups in total. The first kappa shape index (κ1) is 16.4. The molecule has 0 saturated heterocycles. The maximum absolute atomic E-state index is 13.0. The summed E-state index contributed by atoms with van der Waals surface area (Å²) in [7, 11) is 0. The van der Waals surface area contributed by atoms with Crippen LogP contribution in [0.4, 0.5) is 0 Å². The van der Waals surface area contributed by atoms with Crippen LogP contribution in [-0.4, -0.2) is 15.8 Å². The van der Waals surface area contributed by atoms with Gasteiger partial charge in [0.1, 0.15) is 0 Å². The maximum Gasteiger partial charge on any atom is 0.196 e. The smallest absolute Gasteiger partial charge is 0.196 e. The van der Waals surface area contributed by atoms with Crippen LogP contribution in [-0.2, 0) is 0 Å². The van der Waals surface area contributed by atoms with Crippen LogP contribution in [0.1, 0.15) is 38.2 Å². The van der Waals surface area contributed by atoms with Gasteiger partial charge in [-0.2, -0.15) is 0 Å². The van der Waals surface area contributed by atoms with Crippen molar-refractivity contribution in [2.75, 3.05) is 0 Å². The van der Waals surface area contributed by atoms with Crippen molar-refractivity contribution < 1.29 is 4.79 Å². The molecule has 0 radical (unpaired) electrons. The van der Waals surface area contributed by atoms with E-state index in [9.17, 15) is 4.79 Å². The fraction of sp³-hybridized carbons (Fsp3) is 0.174. The van der Waals surface area contributed by atoms with Crippen LogP contribution in [0.5, 0.6) is 0 Å². The van der Waals surface area contributed by atoms with Crippen molar-refractivity contribution in [1.82, 2.24) is 9.97 Å². The van der Waals surface area contributed by atoms with Gasteiger partial charge in [0.05, 0.1) is 11.0 Å².